The fourth-order valence-electron chi connectivity index (χ4n) is 4.06. The molecule has 1 aliphatic heterocycles. The van der Waals surface area contributed by atoms with Crippen LogP contribution in [0.2, 0.25) is 0 Å². The monoisotopic (exact) mass is 527 g/mol. The van der Waals surface area contributed by atoms with Crippen molar-refractivity contribution in [1.82, 2.24) is 4.31 Å². The number of rotatable bonds is 5. The number of carbonyl (C=O) groups excluding carboxylic acids is 1. The zero-order chi connectivity index (χ0) is 25.5. The van der Waals surface area contributed by atoms with Crippen molar-refractivity contribution in [1.29, 1.82) is 0 Å². The summed E-state index contributed by atoms with van der Waals surface area (Å²) in [6, 6.07) is 11.5. The number of hydrogen-bond acceptors (Lipinski definition) is 5. The Bertz CT molecular complexity index is 1360. The molecule has 4 rings (SSSR count). The lowest BCUT2D eigenvalue weighted by molar-refractivity contribution is -0.137. The van der Waals surface area contributed by atoms with Crippen molar-refractivity contribution in [2.75, 3.05) is 24.5 Å². The van der Waals surface area contributed by atoms with Crippen LogP contribution in [-0.4, -0.2) is 44.3 Å². The third-order valence-corrected chi connectivity index (χ3v) is 9.38. The number of benzene rings is 2. The number of alkyl halides is 3. The molecule has 6 nitrogen and oxygen atoms in total. The van der Waals surface area contributed by atoms with E-state index >= 15 is 0 Å². The predicted octanol–water partition coefficient (Wildman–Crippen LogP) is 4.57. The third-order valence-electron chi connectivity index (χ3n) is 5.77. The Hall–Kier alpha value is -2.96. The number of thiophene rings is 1. The van der Waals surface area contributed by atoms with Gasteiger partial charge in [0, 0.05) is 41.8 Å². The van der Waals surface area contributed by atoms with Crippen molar-refractivity contribution < 1.29 is 30.8 Å². The van der Waals surface area contributed by atoms with Crippen LogP contribution in [0.4, 0.5) is 23.2 Å². The van der Waals surface area contributed by atoms with Crippen LogP contribution in [0.25, 0.3) is 10.4 Å². The molecule has 1 atom stereocenters. The number of hydrogen-bond donors (Lipinski definition) is 1. The lowest BCUT2D eigenvalue weighted by atomic mass is 10.1. The summed E-state index contributed by atoms with van der Waals surface area (Å²) in [6.45, 7) is 1.63. The smallest absolute Gasteiger partial charge is 0.368 e. The molecular weight excluding hydrogens is 506 g/mol. The fraction of sp³-hybridized carbons (Fsp3) is 0.261. The zero-order valence-electron chi connectivity index (χ0n) is 18.4. The first-order chi connectivity index (χ1) is 16.4. The van der Waals surface area contributed by atoms with Gasteiger partial charge >= 0.3 is 6.18 Å². The van der Waals surface area contributed by atoms with E-state index in [1.807, 2.05) is 0 Å². The average molecular weight is 528 g/mol. The fourth-order valence-corrected chi connectivity index (χ4v) is 7.11. The van der Waals surface area contributed by atoms with E-state index in [4.69, 9.17) is 5.73 Å². The second-order valence-electron chi connectivity index (χ2n) is 8.13. The maximum atomic E-state index is 13.5. The maximum Gasteiger partial charge on any atom is 0.418 e. The Balaban J connectivity index is 1.54. The van der Waals surface area contributed by atoms with Gasteiger partial charge in [0.25, 0.3) is 10.0 Å². The van der Waals surface area contributed by atoms with Gasteiger partial charge in [-0.25, -0.2) is 12.8 Å². The molecule has 1 amide bonds. The summed E-state index contributed by atoms with van der Waals surface area (Å²) in [5, 5.41) is 0. The zero-order valence-corrected chi connectivity index (χ0v) is 20.1. The molecule has 0 aliphatic carbocycles. The summed E-state index contributed by atoms with van der Waals surface area (Å²) >= 11 is 1.06. The van der Waals surface area contributed by atoms with E-state index in [0.717, 1.165) is 29.0 Å². The Morgan fingerprint density at radius 1 is 1.06 bits per heavy atom. The molecule has 35 heavy (non-hydrogen) atoms. The average Bonchev–Trinajstić information content (AvgIpc) is 3.29. The maximum absolute atomic E-state index is 13.5. The molecule has 0 unspecified atom stereocenters. The van der Waals surface area contributed by atoms with Crippen LogP contribution < -0.4 is 10.6 Å². The van der Waals surface area contributed by atoms with Crippen LogP contribution in [-0.2, 0) is 16.2 Å². The molecule has 1 aliphatic rings. The van der Waals surface area contributed by atoms with Gasteiger partial charge in [0.15, 0.2) is 0 Å². The number of primary amides is 1. The molecular formula is C23H21F4N3O3S2. The van der Waals surface area contributed by atoms with Crippen molar-refractivity contribution in [3.63, 3.8) is 0 Å². The van der Waals surface area contributed by atoms with Crippen LogP contribution in [0.3, 0.4) is 0 Å². The lowest BCUT2D eigenvalue weighted by Gasteiger charge is -2.40. The molecule has 2 aromatic carbocycles. The Morgan fingerprint density at radius 2 is 1.74 bits per heavy atom. The molecule has 0 spiro atoms. The van der Waals surface area contributed by atoms with Crippen molar-refractivity contribution >= 4 is 33.0 Å². The highest BCUT2D eigenvalue weighted by atomic mass is 32.2. The molecule has 1 fully saturated rings. The third kappa shape index (κ3) is 5.04. The van der Waals surface area contributed by atoms with Gasteiger partial charge in [-0.05, 0) is 55.0 Å². The Morgan fingerprint density at radius 3 is 2.34 bits per heavy atom. The lowest BCUT2D eigenvalue weighted by Crippen LogP contribution is -2.54. The van der Waals surface area contributed by atoms with Gasteiger partial charge in [0.05, 0.1) is 5.56 Å². The first kappa shape index (κ1) is 25.1. The van der Waals surface area contributed by atoms with E-state index in [1.165, 1.54) is 15.3 Å². The van der Waals surface area contributed by atoms with E-state index in [1.54, 1.807) is 37.3 Å². The number of nitrogens with zero attached hydrogens (tertiary/aromatic N) is 2. The largest absolute Gasteiger partial charge is 0.418 e. The summed E-state index contributed by atoms with van der Waals surface area (Å²) in [5.41, 5.74) is 5.02. The second-order valence-corrected chi connectivity index (χ2v) is 11.3. The van der Waals surface area contributed by atoms with Gasteiger partial charge in [-0.1, -0.05) is 12.1 Å². The number of halogens is 4. The normalized spacial score (nSPS) is 17.5. The van der Waals surface area contributed by atoms with Crippen molar-refractivity contribution in [3.05, 3.63) is 71.5 Å². The molecule has 1 saturated heterocycles. The molecule has 1 aromatic heterocycles. The minimum absolute atomic E-state index is 0.0146. The quantitative estimate of drug-likeness (QED) is 0.493. The minimum atomic E-state index is -4.74. The standard InChI is InChI=1S/C23H21F4N3O3S2/c1-14-13-29(19-7-6-17(24)12-18(19)23(25,26)27)10-11-30(14)35(32,33)21-9-8-20(34-21)15-2-4-16(5-3-15)22(28)31/h2-9,12,14H,10-11,13H2,1H3,(H2,28,31)/t14-/m1/s1. The van der Waals surface area contributed by atoms with E-state index in [2.05, 4.69) is 0 Å². The second kappa shape index (κ2) is 9.25. The number of amides is 1. The SMILES string of the molecule is C[C@@H]1CN(c2ccc(F)cc2C(F)(F)F)CCN1S(=O)(=O)c1ccc(-c2ccc(C(N)=O)cc2)s1. The van der Waals surface area contributed by atoms with Crippen LogP contribution in [0.5, 0.6) is 0 Å². The highest BCUT2D eigenvalue weighted by Crippen LogP contribution is 2.39. The summed E-state index contributed by atoms with van der Waals surface area (Å²) < 4.78 is 81.9. The number of piperazine rings is 1. The molecule has 2 heterocycles. The molecule has 0 saturated carbocycles. The highest BCUT2D eigenvalue weighted by molar-refractivity contribution is 7.91. The topological polar surface area (TPSA) is 83.7 Å². The first-order valence-corrected chi connectivity index (χ1v) is 12.8. The summed E-state index contributed by atoms with van der Waals surface area (Å²) in [4.78, 5) is 13.4. The molecule has 186 valence electrons. The Kier molecular flexibility index (Phi) is 6.64. The summed E-state index contributed by atoms with van der Waals surface area (Å²) in [7, 11) is -3.90. The van der Waals surface area contributed by atoms with Gasteiger partial charge < -0.3 is 10.6 Å². The molecule has 2 N–H and O–H groups in total. The number of nitrogens with two attached hydrogens (primary N) is 1. The summed E-state index contributed by atoms with van der Waals surface area (Å²) in [6.07, 6.45) is -4.74. The highest BCUT2D eigenvalue weighted by Gasteiger charge is 2.39. The molecule has 0 radical (unpaired) electrons. The Labute approximate surface area is 203 Å². The van der Waals surface area contributed by atoms with Crippen molar-refractivity contribution in [2.24, 2.45) is 5.73 Å². The van der Waals surface area contributed by atoms with Gasteiger partial charge in [0.1, 0.15) is 10.0 Å². The van der Waals surface area contributed by atoms with E-state index in [0.29, 0.717) is 16.5 Å². The molecule has 12 heteroatoms. The number of sulfonamides is 1. The van der Waals surface area contributed by atoms with E-state index < -0.39 is 39.5 Å². The number of carbonyl (C=O) groups is 1. The van der Waals surface area contributed by atoms with E-state index in [-0.39, 0.29) is 29.5 Å². The van der Waals surface area contributed by atoms with Gasteiger partial charge in [-0.2, -0.15) is 17.5 Å². The van der Waals surface area contributed by atoms with Gasteiger partial charge in [-0.15, -0.1) is 11.3 Å². The van der Waals surface area contributed by atoms with Crippen LogP contribution in [0.1, 0.15) is 22.8 Å². The van der Waals surface area contributed by atoms with Gasteiger partial charge in [0.2, 0.25) is 5.91 Å². The van der Waals surface area contributed by atoms with Crippen molar-refractivity contribution in [2.45, 2.75) is 23.4 Å². The van der Waals surface area contributed by atoms with Crippen LogP contribution in [0.15, 0.2) is 58.8 Å². The van der Waals surface area contributed by atoms with Crippen LogP contribution >= 0.6 is 11.3 Å². The minimum Gasteiger partial charge on any atom is -0.368 e. The van der Waals surface area contributed by atoms with Gasteiger partial charge in [-0.3, -0.25) is 4.79 Å². The molecule has 3 aromatic rings. The van der Waals surface area contributed by atoms with Crippen molar-refractivity contribution in [3.8, 4) is 10.4 Å². The first-order valence-electron chi connectivity index (χ1n) is 10.5. The van der Waals surface area contributed by atoms with E-state index in [9.17, 15) is 30.8 Å². The summed E-state index contributed by atoms with van der Waals surface area (Å²) in [5.74, 6) is -1.56. The molecule has 0 bridgehead atoms. The van der Waals surface area contributed by atoms with Crippen LogP contribution in [0, 0.1) is 5.82 Å². The predicted molar refractivity (Wildman–Crippen MR) is 125 cm³/mol. The number of anilines is 1.